The van der Waals surface area contributed by atoms with Gasteiger partial charge in [-0.15, -0.1) is 23.1 Å². The number of anilines is 1. The van der Waals surface area contributed by atoms with Crippen molar-refractivity contribution in [1.29, 1.82) is 0 Å². The first-order valence-corrected chi connectivity index (χ1v) is 10.9. The Morgan fingerprint density at radius 1 is 1.27 bits per heavy atom. The Morgan fingerprint density at radius 3 is 2.92 bits per heavy atom. The third-order valence-corrected chi connectivity index (χ3v) is 6.81. The number of thiazole rings is 1. The highest BCUT2D eigenvalue weighted by molar-refractivity contribution is 7.98. The molecule has 2 N–H and O–H groups in total. The van der Waals surface area contributed by atoms with E-state index < -0.39 is 0 Å². The molecule has 4 rings (SSSR count). The van der Waals surface area contributed by atoms with E-state index in [-0.39, 0.29) is 5.91 Å². The van der Waals surface area contributed by atoms with Crippen molar-refractivity contribution in [2.45, 2.75) is 23.8 Å². The van der Waals surface area contributed by atoms with Gasteiger partial charge in [0.1, 0.15) is 6.04 Å². The van der Waals surface area contributed by atoms with E-state index in [4.69, 9.17) is 4.98 Å². The third kappa shape index (κ3) is 3.63. The van der Waals surface area contributed by atoms with Gasteiger partial charge in [-0.3, -0.25) is 4.79 Å². The van der Waals surface area contributed by atoms with E-state index >= 15 is 0 Å². The number of hydrogen-bond acceptors (Lipinski definition) is 4. The predicted molar refractivity (Wildman–Crippen MR) is 109 cm³/mol. The highest BCUT2D eigenvalue weighted by atomic mass is 32.2. The van der Waals surface area contributed by atoms with E-state index in [1.165, 1.54) is 9.60 Å². The van der Waals surface area contributed by atoms with Crippen molar-refractivity contribution >= 4 is 44.9 Å². The number of nitrogens with zero attached hydrogens (tertiary/aromatic N) is 1. The quantitative estimate of drug-likeness (QED) is 0.663. The second-order valence-corrected chi connectivity index (χ2v) is 8.46. The summed E-state index contributed by atoms with van der Waals surface area (Å²) in [4.78, 5) is 19.9. The Kier molecular flexibility index (Phi) is 5.24. The topological polar surface area (TPSA) is 46.4 Å². The zero-order valence-corrected chi connectivity index (χ0v) is 16.3. The maximum atomic E-state index is 12.6. The van der Waals surface area contributed by atoms with Crippen LogP contribution in [-0.4, -0.2) is 30.2 Å². The number of amides is 1. The third-order valence-electron chi connectivity index (χ3n) is 4.86. The van der Waals surface area contributed by atoms with Crippen LogP contribution in [0.1, 0.15) is 23.9 Å². The van der Waals surface area contributed by atoms with Gasteiger partial charge in [-0.2, -0.15) is 0 Å². The molecule has 134 valence electrons. The summed E-state index contributed by atoms with van der Waals surface area (Å²) in [6, 6.07) is 16.6. The second-order valence-electron chi connectivity index (χ2n) is 6.55. The molecule has 1 fully saturated rings. The highest BCUT2D eigenvalue weighted by Gasteiger charge is 2.34. The molecule has 0 aliphatic carbocycles. The molecule has 1 unspecified atom stereocenters. The molecule has 3 aromatic rings. The Bertz CT molecular complexity index is 891. The lowest BCUT2D eigenvalue weighted by Gasteiger charge is -2.19. The molecule has 26 heavy (non-hydrogen) atoms. The Morgan fingerprint density at radius 2 is 2.08 bits per heavy atom. The average molecular weight is 385 g/mol. The summed E-state index contributed by atoms with van der Waals surface area (Å²) in [6.45, 7) is 1.52. The van der Waals surface area contributed by atoms with Crippen LogP contribution in [0.15, 0.2) is 53.4 Å². The maximum absolute atomic E-state index is 12.6. The van der Waals surface area contributed by atoms with Gasteiger partial charge in [-0.05, 0) is 30.5 Å². The number of hydrogen-bond donors (Lipinski definition) is 2. The van der Waals surface area contributed by atoms with Crippen LogP contribution in [-0.2, 0) is 4.79 Å². The standard InChI is InChI=1S/C20H21N3OS2/c1-25-17-10-4-2-7-14(17)21-19(24)13-23-12-6-9-16(23)20-22-15-8-3-5-11-18(15)26-20/h2-5,7-8,10-11,16H,6,9,12-13H2,1H3,(H,21,24)/p+1/t16-/m1/s1. The van der Waals surface area contributed by atoms with Crippen molar-refractivity contribution in [1.82, 2.24) is 4.98 Å². The van der Waals surface area contributed by atoms with Crippen LogP contribution in [0.2, 0.25) is 0 Å². The number of likely N-dealkylation sites (tertiary alicyclic amines) is 1. The van der Waals surface area contributed by atoms with Gasteiger partial charge in [0.05, 0.1) is 22.4 Å². The van der Waals surface area contributed by atoms with Gasteiger partial charge >= 0.3 is 0 Å². The minimum absolute atomic E-state index is 0.0783. The lowest BCUT2D eigenvalue weighted by molar-refractivity contribution is -0.910. The number of para-hydroxylation sites is 2. The van der Waals surface area contributed by atoms with Crippen LogP contribution in [0.3, 0.4) is 0 Å². The number of carbonyl (C=O) groups excluding carboxylic acids is 1. The van der Waals surface area contributed by atoms with Crippen molar-refractivity contribution in [2.24, 2.45) is 0 Å². The molecule has 2 heterocycles. The molecular formula is C20H22N3OS2+. The molecule has 2 atom stereocenters. The summed E-state index contributed by atoms with van der Waals surface area (Å²) in [5.74, 6) is 0.0783. The van der Waals surface area contributed by atoms with Gasteiger partial charge in [0.25, 0.3) is 5.91 Å². The first-order valence-electron chi connectivity index (χ1n) is 8.87. The molecule has 1 aliphatic heterocycles. The van der Waals surface area contributed by atoms with Gasteiger partial charge in [0.15, 0.2) is 11.6 Å². The molecule has 0 saturated carbocycles. The summed E-state index contributed by atoms with van der Waals surface area (Å²) < 4.78 is 1.23. The van der Waals surface area contributed by atoms with Crippen molar-refractivity contribution in [3.05, 3.63) is 53.5 Å². The molecule has 1 amide bonds. The van der Waals surface area contributed by atoms with Crippen molar-refractivity contribution in [3.8, 4) is 0 Å². The first kappa shape index (κ1) is 17.5. The van der Waals surface area contributed by atoms with Crippen LogP contribution in [0.5, 0.6) is 0 Å². The fourth-order valence-electron chi connectivity index (χ4n) is 3.61. The SMILES string of the molecule is CSc1ccccc1NC(=O)C[NH+]1CCC[C@@H]1c1nc2ccccc2s1. The average Bonchev–Trinajstić information content (AvgIpc) is 3.28. The van der Waals surface area contributed by atoms with Crippen LogP contribution in [0.4, 0.5) is 5.69 Å². The second kappa shape index (κ2) is 7.78. The fourth-order valence-corrected chi connectivity index (χ4v) is 5.32. The fraction of sp³-hybridized carbons (Fsp3) is 0.300. The predicted octanol–water partition coefficient (Wildman–Crippen LogP) is 3.38. The number of fused-ring (bicyclic) bond motifs is 1. The minimum Gasteiger partial charge on any atom is -0.320 e. The zero-order chi connectivity index (χ0) is 17.9. The molecule has 1 saturated heterocycles. The van der Waals surface area contributed by atoms with Gasteiger partial charge in [0.2, 0.25) is 0 Å². The summed E-state index contributed by atoms with van der Waals surface area (Å²) in [5.41, 5.74) is 1.97. The van der Waals surface area contributed by atoms with Crippen LogP contribution < -0.4 is 10.2 Å². The molecule has 0 spiro atoms. The van der Waals surface area contributed by atoms with E-state index in [1.807, 2.05) is 36.6 Å². The van der Waals surface area contributed by atoms with E-state index in [2.05, 4.69) is 23.5 Å². The maximum Gasteiger partial charge on any atom is 0.279 e. The summed E-state index contributed by atoms with van der Waals surface area (Å²) in [6.07, 6.45) is 4.27. The van der Waals surface area contributed by atoms with Crippen LogP contribution >= 0.6 is 23.1 Å². The number of nitrogens with one attached hydrogen (secondary N) is 2. The van der Waals surface area contributed by atoms with E-state index in [0.29, 0.717) is 12.6 Å². The molecule has 4 nitrogen and oxygen atoms in total. The first-order chi connectivity index (χ1) is 12.7. The molecule has 0 radical (unpaired) electrons. The van der Waals surface area contributed by atoms with Crippen LogP contribution in [0.25, 0.3) is 10.2 Å². The number of rotatable bonds is 5. The van der Waals surface area contributed by atoms with Gasteiger partial charge in [-0.25, -0.2) is 4.98 Å². The van der Waals surface area contributed by atoms with E-state index in [1.54, 1.807) is 23.1 Å². The molecular weight excluding hydrogens is 362 g/mol. The number of thioether (sulfide) groups is 1. The molecule has 1 aromatic heterocycles. The number of benzene rings is 2. The van der Waals surface area contributed by atoms with Crippen molar-refractivity contribution in [3.63, 3.8) is 0 Å². The molecule has 0 bridgehead atoms. The lowest BCUT2D eigenvalue weighted by Crippen LogP contribution is -3.11. The number of carbonyl (C=O) groups is 1. The van der Waals surface area contributed by atoms with Gasteiger partial charge < -0.3 is 10.2 Å². The van der Waals surface area contributed by atoms with Gasteiger partial charge in [-0.1, -0.05) is 24.3 Å². The minimum atomic E-state index is 0.0783. The lowest BCUT2D eigenvalue weighted by atomic mass is 10.2. The molecule has 2 aromatic carbocycles. The summed E-state index contributed by atoms with van der Waals surface area (Å²) >= 11 is 3.42. The Hall–Kier alpha value is -1.89. The normalized spacial score (nSPS) is 19.7. The number of quaternary nitrogens is 1. The Balaban J connectivity index is 1.47. The Labute approximate surface area is 161 Å². The molecule has 1 aliphatic rings. The zero-order valence-electron chi connectivity index (χ0n) is 14.7. The largest absolute Gasteiger partial charge is 0.320 e. The monoisotopic (exact) mass is 384 g/mol. The molecule has 6 heteroatoms. The van der Waals surface area contributed by atoms with E-state index in [9.17, 15) is 4.79 Å². The highest BCUT2D eigenvalue weighted by Crippen LogP contribution is 2.28. The summed E-state index contributed by atoms with van der Waals surface area (Å²) in [7, 11) is 0. The smallest absolute Gasteiger partial charge is 0.279 e. The van der Waals surface area contributed by atoms with Gasteiger partial charge in [0, 0.05) is 17.7 Å². The van der Waals surface area contributed by atoms with Crippen molar-refractivity contribution in [2.75, 3.05) is 24.7 Å². The number of aromatic nitrogens is 1. The summed E-state index contributed by atoms with van der Waals surface area (Å²) in [5, 5.41) is 4.25. The van der Waals surface area contributed by atoms with E-state index in [0.717, 1.165) is 40.5 Å². The van der Waals surface area contributed by atoms with Crippen LogP contribution in [0, 0.1) is 0 Å². The van der Waals surface area contributed by atoms with Crippen molar-refractivity contribution < 1.29 is 9.69 Å².